The molecule has 0 atom stereocenters. The van der Waals surface area contributed by atoms with Crippen molar-refractivity contribution >= 4 is 49.8 Å². The summed E-state index contributed by atoms with van der Waals surface area (Å²) in [7, 11) is 0. The topological polar surface area (TPSA) is 16.4 Å². The lowest BCUT2D eigenvalue weighted by Gasteiger charge is -2.61. The molecule has 0 radical (unpaired) electrons. The average Bonchev–Trinajstić information content (AvgIpc) is 3.71. The molecule has 7 aromatic carbocycles. The van der Waals surface area contributed by atoms with E-state index in [4.69, 9.17) is 4.42 Å². The van der Waals surface area contributed by atoms with Crippen molar-refractivity contribution in [3.63, 3.8) is 0 Å². The van der Waals surface area contributed by atoms with Crippen LogP contribution in [0.15, 0.2) is 156 Å². The quantitative estimate of drug-likeness (QED) is 0.185. The van der Waals surface area contributed by atoms with Crippen LogP contribution in [-0.4, -0.2) is 0 Å². The summed E-state index contributed by atoms with van der Waals surface area (Å²) in [6.45, 7) is 0. The maximum atomic E-state index is 6.15. The van der Waals surface area contributed by atoms with Gasteiger partial charge in [0.2, 0.25) is 0 Å². The highest BCUT2D eigenvalue weighted by atomic mass is 16.3. The number of nitrogens with zero attached hydrogens (tertiary/aromatic N) is 1. The van der Waals surface area contributed by atoms with E-state index in [1.54, 1.807) is 11.1 Å². The van der Waals surface area contributed by atoms with E-state index in [-0.39, 0.29) is 5.41 Å². The molecule has 52 heavy (non-hydrogen) atoms. The summed E-state index contributed by atoms with van der Waals surface area (Å²) < 4.78 is 6.15. The van der Waals surface area contributed by atoms with E-state index in [1.165, 1.54) is 82.2 Å². The Bertz CT molecular complexity index is 2680. The Balaban J connectivity index is 1.06. The van der Waals surface area contributed by atoms with Crippen molar-refractivity contribution in [2.75, 3.05) is 4.90 Å². The highest BCUT2D eigenvalue weighted by Gasteiger charge is 2.61. The molecule has 4 bridgehead atoms. The minimum atomic E-state index is 0.125. The van der Waals surface area contributed by atoms with E-state index in [2.05, 4.69) is 150 Å². The highest BCUT2D eigenvalue weighted by Crippen LogP contribution is 2.70. The summed E-state index contributed by atoms with van der Waals surface area (Å²) in [5.74, 6) is 3.31. The molecule has 2 heteroatoms. The lowest BCUT2D eigenvalue weighted by molar-refractivity contribution is -0.0399. The van der Waals surface area contributed by atoms with Crippen LogP contribution in [0.25, 0.3) is 55.0 Å². The molecule has 1 aromatic heterocycles. The summed E-state index contributed by atoms with van der Waals surface area (Å²) in [5, 5.41) is 4.84. The fraction of sp³-hybridized carbons (Fsp3) is 0.200. The Labute approximate surface area is 304 Å². The molecule has 0 saturated heterocycles. The first-order valence-electron chi connectivity index (χ1n) is 19.3. The van der Waals surface area contributed by atoms with E-state index in [1.807, 2.05) is 6.07 Å². The number of benzene rings is 7. The van der Waals surface area contributed by atoms with Gasteiger partial charge in [0, 0.05) is 32.8 Å². The minimum absolute atomic E-state index is 0.125. The first-order valence-corrected chi connectivity index (χ1v) is 19.3. The monoisotopic (exact) mass is 669 g/mol. The van der Waals surface area contributed by atoms with Crippen LogP contribution >= 0.6 is 0 Å². The van der Waals surface area contributed by atoms with Gasteiger partial charge in [-0.15, -0.1) is 0 Å². The van der Waals surface area contributed by atoms with Crippen molar-refractivity contribution in [2.24, 2.45) is 23.7 Å². The van der Waals surface area contributed by atoms with Gasteiger partial charge in [0.1, 0.15) is 11.2 Å². The van der Waals surface area contributed by atoms with Crippen molar-refractivity contribution < 1.29 is 4.42 Å². The molecule has 1 heterocycles. The van der Waals surface area contributed by atoms with Crippen LogP contribution < -0.4 is 4.90 Å². The normalized spacial score (nSPS) is 23.8. The molecule has 0 unspecified atom stereocenters. The Morgan fingerprint density at radius 3 is 1.96 bits per heavy atom. The second-order valence-electron chi connectivity index (χ2n) is 16.1. The van der Waals surface area contributed by atoms with E-state index in [0.29, 0.717) is 0 Å². The molecular formula is C50H39NO. The van der Waals surface area contributed by atoms with Crippen LogP contribution in [0.2, 0.25) is 0 Å². The largest absolute Gasteiger partial charge is 0.456 e. The van der Waals surface area contributed by atoms with Gasteiger partial charge in [0.25, 0.3) is 0 Å². The molecule has 5 aliphatic carbocycles. The van der Waals surface area contributed by atoms with Gasteiger partial charge >= 0.3 is 0 Å². The number of anilines is 3. The number of furan rings is 1. The molecule has 5 aliphatic rings. The zero-order chi connectivity index (χ0) is 34.0. The lowest BCUT2D eigenvalue weighted by atomic mass is 9.43. The highest BCUT2D eigenvalue weighted by molar-refractivity contribution is 6.06. The standard InChI is InChI=1S/C50H39NO/c1-2-11-39-34(9-1)10-7-16-45(39)51(38-22-19-33(20-23-38)35-21-24-48-42(30-35)40-12-4-6-18-47(40)52-48)46-17-8-15-44-49(46)41-13-3-5-14-43(41)50(44)36-26-31-25-32(28-36)29-37(50)27-31/h1-24,30-32,36-37H,25-29H2. The van der Waals surface area contributed by atoms with Crippen molar-refractivity contribution in [1.82, 2.24) is 0 Å². The van der Waals surface area contributed by atoms with Crippen LogP contribution in [0.1, 0.15) is 43.2 Å². The van der Waals surface area contributed by atoms with Crippen molar-refractivity contribution in [2.45, 2.75) is 37.5 Å². The van der Waals surface area contributed by atoms with E-state index >= 15 is 0 Å². The third-order valence-electron chi connectivity index (χ3n) is 13.6. The number of hydrogen-bond acceptors (Lipinski definition) is 2. The number of rotatable bonds is 4. The maximum absolute atomic E-state index is 6.15. The van der Waals surface area contributed by atoms with Crippen LogP contribution in [0.3, 0.4) is 0 Å². The van der Waals surface area contributed by atoms with Crippen LogP contribution in [0.5, 0.6) is 0 Å². The van der Waals surface area contributed by atoms with Gasteiger partial charge in [-0.1, -0.05) is 109 Å². The summed E-state index contributed by atoms with van der Waals surface area (Å²) in [6.07, 6.45) is 7.02. The number of para-hydroxylation sites is 1. The van der Waals surface area contributed by atoms with Crippen LogP contribution in [0.4, 0.5) is 17.1 Å². The molecule has 13 rings (SSSR count). The second-order valence-corrected chi connectivity index (χ2v) is 16.1. The van der Waals surface area contributed by atoms with Crippen molar-refractivity contribution in [3.8, 4) is 22.3 Å². The Hall–Kier alpha value is -5.60. The third-order valence-corrected chi connectivity index (χ3v) is 13.6. The van der Waals surface area contributed by atoms with Gasteiger partial charge in [-0.2, -0.15) is 0 Å². The van der Waals surface area contributed by atoms with Crippen molar-refractivity contribution in [1.29, 1.82) is 0 Å². The molecule has 0 aliphatic heterocycles. The molecular weight excluding hydrogens is 631 g/mol. The second kappa shape index (κ2) is 10.7. The SMILES string of the molecule is c1ccc2c(c1)-c1c(N(c3ccc(-c4ccc5oc6ccccc6c5c4)cc3)c3cccc4ccccc34)cccc1C21C2CC3CC(C2)CC1C3. The van der Waals surface area contributed by atoms with Gasteiger partial charge in [-0.3, -0.25) is 0 Å². The zero-order valence-corrected chi connectivity index (χ0v) is 29.1. The third kappa shape index (κ3) is 3.90. The Kier molecular flexibility index (Phi) is 5.98. The predicted octanol–water partition coefficient (Wildman–Crippen LogP) is 13.6. The fourth-order valence-corrected chi connectivity index (χ4v) is 11.9. The average molecular weight is 670 g/mol. The molecule has 0 amide bonds. The molecule has 0 N–H and O–H groups in total. The maximum Gasteiger partial charge on any atom is 0.135 e. The molecule has 1 spiro atoms. The van der Waals surface area contributed by atoms with Gasteiger partial charge in [0.15, 0.2) is 0 Å². The molecule has 250 valence electrons. The van der Waals surface area contributed by atoms with Gasteiger partial charge in [-0.25, -0.2) is 0 Å². The number of fused-ring (bicyclic) bond motifs is 7. The van der Waals surface area contributed by atoms with Gasteiger partial charge in [0.05, 0.1) is 11.4 Å². The van der Waals surface area contributed by atoms with Gasteiger partial charge < -0.3 is 9.32 Å². The smallest absolute Gasteiger partial charge is 0.135 e. The zero-order valence-electron chi connectivity index (χ0n) is 29.1. The Morgan fingerprint density at radius 2 is 1.12 bits per heavy atom. The van der Waals surface area contributed by atoms with Crippen LogP contribution in [-0.2, 0) is 5.41 Å². The molecule has 4 saturated carbocycles. The lowest BCUT2D eigenvalue weighted by Crippen LogP contribution is -2.55. The summed E-state index contributed by atoms with van der Waals surface area (Å²) >= 11 is 0. The molecule has 4 fully saturated rings. The van der Waals surface area contributed by atoms with Crippen molar-refractivity contribution in [3.05, 3.63) is 163 Å². The van der Waals surface area contributed by atoms with E-state index < -0.39 is 0 Å². The van der Waals surface area contributed by atoms with E-state index in [0.717, 1.165) is 45.6 Å². The first-order chi connectivity index (χ1) is 25.7. The minimum Gasteiger partial charge on any atom is -0.456 e. The number of hydrogen-bond donors (Lipinski definition) is 0. The molecule has 2 nitrogen and oxygen atoms in total. The molecule has 8 aromatic rings. The summed E-state index contributed by atoms with van der Waals surface area (Å²) in [4.78, 5) is 2.56. The predicted molar refractivity (Wildman–Crippen MR) is 215 cm³/mol. The fourth-order valence-electron chi connectivity index (χ4n) is 11.9. The summed E-state index contributed by atoms with van der Waals surface area (Å²) in [5.41, 5.74) is 14.1. The summed E-state index contributed by atoms with van der Waals surface area (Å²) in [6, 6.07) is 56.6. The van der Waals surface area contributed by atoms with Crippen LogP contribution in [0, 0.1) is 23.7 Å². The Morgan fingerprint density at radius 1 is 0.481 bits per heavy atom. The van der Waals surface area contributed by atoms with Gasteiger partial charge in [-0.05, 0) is 131 Å². The first kappa shape index (κ1) is 29.0. The van der Waals surface area contributed by atoms with E-state index in [9.17, 15) is 0 Å².